The average Bonchev–Trinajstić information content (AvgIpc) is 2.38. The molecule has 0 radical (unpaired) electrons. The molecule has 1 rings (SSSR count). The summed E-state index contributed by atoms with van der Waals surface area (Å²) in [5, 5.41) is 11.5. The quantitative estimate of drug-likeness (QED) is 0.782. The van der Waals surface area contributed by atoms with Crippen molar-refractivity contribution in [2.75, 3.05) is 13.2 Å². The number of benzene rings is 1. The Morgan fingerprint density at radius 2 is 2.06 bits per heavy atom. The van der Waals surface area contributed by atoms with Gasteiger partial charge in [-0.15, -0.1) is 0 Å². The summed E-state index contributed by atoms with van der Waals surface area (Å²) in [6.45, 7) is 5.20. The number of ether oxygens (including phenoxy) is 1. The number of amides is 1. The molecule has 0 atom stereocenters. The molecule has 0 spiro atoms. The molecule has 1 aromatic rings. The van der Waals surface area contributed by atoms with Gasteiger partial charge in [-0.2, -0.15) is 5.26 Å². The van der Waals surface area contributed by atoms with Crippen molar-refractivity contribution >= 4 is 5.91 Å². The maximum Gasteiger partial charge on any atom is 0.251 e. The molecule has 0 aliphatic heterocycles. The molecule has 0 aliphatic carbocycles. The van der Waals surface area contributed by atoms with Crippen LogP contribution >= 0.6 is 0 Å². The highest BCUT2D eigenvalue weighted by molar-refractivity contribution is 5.94. The van der Waals surface area contributed by atoms with Crippen molar-refractivity contribution in [3.63, 3.8) is 0 Å². The van der Waals surface area contributed by atoms with Crippen molar-refractivity contribution < 1.29 is 9.53 Å². The van der Waals surface area contributed by atoms with Gasteiger partial charge in [0.15, 0.2) is 0 Å². The monoisotopic (exact) mass is 246 g/mol. The highest BCUT2D eigenvalue weighted by atomic mass is 16.5. The molecular formula is C14H18N2O2. The molecule has 18 heavy (non-hydrogen) atoms. The van der Waals surface area contributed by atoms with Gasteiger partial charge in [0.2, 0.25) is 0 Å². The fourth-order valence-corrected chi connectivity index (χ4v) is 1.39. The Hall–Kier alpha value is -1.86. The van der Waals surface area contributed by atoms with E-state index in [-0.39, 0.29) is 12.0 Å². The van der Waals surface area contributed by atoms with Crippen molar-refractivity contribution in [1.29, 1.82) is 5.26 Å². The van der Waals surface area contributed by atoms with Gasteiger partial charge >= 0.3 is 0 Å². The fourth-order valence-electron chi connectivity index (χ4n) is 1.39. The van der Waals surface area contributed by atoms with E-state index in [9.17, 15) is 4.79 Å². The van der Waals surface area contributed by atoms with Crippen LogP contribution in [0.4, 0.5) is 0 Å². The predicted octanol–water partition coefficient (Wildman–Crippen LogP) is 2.10. The number of carbonyl (C=O) groups excluding carboxylic acids is 1. The Labute approximate surface area is 108 Å². The standard InChI is InChI=1S/C14H18N2O2/c1-11(2)18-9-3-8-16-14(17)13-6-4-12(10-15)5-7-13/h4-7,11H,3,8-9H2,1-2H3,(H,16,17). The molecule has 0 aromatic heterocycles. The summed E-state index contributed by atoms with van der Waals surface area (Å²) in [6, 6.07) is 8.59. The van der Waals surface area contributed by atoms with Gasteiger partial charge in [-0.25, -0.2) is 0 Å². The third-order valence-electron chi connectivity index (χ3n) is 2.33. The zero-order valence-corrected chi connectivity index (χ0v) is 10.8. The number of nitrogens with zero attached hydrogens (tertiary/aromatic N) is 1. The molecule has 4 nitrogen and oxygen atoms in total. The van der Waals surface area contributed by atoms with Crippen LogP contribution in [0.15, 0.2) is 24.3 Å². The number of carbonyl (C=O) groups is 1. The summed E-state index contributed by atoms with van der Waals surface area (Å²) >= 11 is 0. The van der Waals surface area contributed by atoms with Gasteiger partial charge in [0.05, 0.1) is 17.7 Å². The van der Waals surface area contributed by atoms with Gasteiger partial charge in [-0.3, -0.25) is 4.79 Å². The Morgan fingerprint density at radius 1 is 1.39 bits per heavy atom. The normalized spacial score (nSPS) is 10.1. The first-order chi connectivity index (χ1) is 8.63. The molecule has 0 heterocycles. The van der Waals surface area contributed by atoms with Crippen molar-refractivity contribution in [2.45, 2.75) is 26.4 Å². The van der Waals surface area contributed by atoms with E-state index in [0.717, 1.165) is 6.42 Å². The van der Waals surface area contributed by atoms with Crippen molar-refractivity contribution in [3.8, 4) is 6.07 Å². The summed E-state index contributed by atoms with van der Waals surface area (Å²) in [4.78, 5) is 11.7. The minimum absolute atomic E-state index is 0.121. The molecule has 0 unspecified atom stereocenters. The molecule has 1 amide bonds. The molecule has 4 heteroatoms. The zero-order chi connectivity index (χ0) is 13.4. The molecule has 96 valence electrons. The van der Waals surface area contributed by atoms with E-state index in [0.29, 0.717) is 24.3 Å². The van der Waals surface area contributed by atoms with Crippen LogP contribution in [-0.4, -0.2) is 25.2 Å². The van der Waals surface area contributed by atoms with Crippen LogP contribution < -0.4 is 5.32 Å². The summed E-state index contributed by atoms with van der Waals surface area (Å²) in [5.41, 5.74) is 1.12. The Morgan fingerprint density at radius 3 is 2.61 bits per heavy atom. The van der Waals surface area contributed by atoms with E-state index in [1.165, 1.54) is 0 Å². The van der Waals surface area contributed by atoms with Crippen LogP contribution in [0.25, 0.3) is 0 Å². The third kappa shape index (κ3) is 4.98. The Balaban J connectivity index is 2.30. The summed E-state index contributed by atoms with van der Waals surface area (Å²) in [7, 11) is 0. The lowest BCUT2D eigenvalue weighted by Crippen LogP contribution is -2.25. The summed E-state index contributed by atoms with van der Waals surface area (Å²) in [5.74, 6) is -0.121. The maximum absolute atomic E-state index is 11.7. The first-order valence-corrected chi connectivity index (χ1v) is 6.03. The molecule has 0 saturated heterocycles. The van der Waals surface area contributed by atoms with Crippen molar-refractivity contribution in [1.82, 2.24) is 5.32 Å². The second-order valence-electron chi connectivity index (χ2n) is 4.22. The number of nitriles is 1. The Kier molecular flexibility index (Phi) is 5.89. The number of hydrogen-bond acceptors (Lipinski definition) is 3. The highest BCUT2D eigenvalue weighted by Crippen LogP contribution is 2.03. The van der Waals surface area contributed by atoms with Crippen molar-refractivity contribution in [3.05, 3.63) is 35.4 Å². The second-order valence-corrected chi connectivity index (χ2v) is 4.22. The van der Waals surface area contributed by atoms with Crippen molar-refractivity contribution in [2.24, 2.45) is 0 Å². The lowest BCUT2D eigenvalue weighted by molar-refractivity contribution is 0.0757. The first kappa shape index (κ1) is 14.2. The smallest absolute Gasteiger partial charge is 0.251 e. The van der Waals surface area contributed by atoms with Crippen LogP contribution in [0.1, 0.15) is 36.2 Å². The summed E-state index contributed by atoms with van der Waals surface area (Å²) < 4.78 is 5.37. The molecule has 0 saturated carbocycles. The molecule has 1 aromatic carbocycles. The van der Waals surface area contributed by atoms with Gasteiger partial charge in [-0.1, -0.05) is 0 Å². The number of rotatable bonds is 6. The molecular weight excluding hydrogens is 228 g/mol. The van der Waals surface area contributed by atoms with E-state index in [1.807, 2.05) is 19.9 Å². The Bertz CT molecular complexity index is 418. The SMILES string of the molecule is CC(C)OCCCNC(=O)c1ccc(C#N)cc1. The van der Waals surface area contributed by atoms with E-state index in [2.05, 4.69) is 5.32 Å². The largest absolute Gasteiger partial charge is 0.379 e. The topological polar surface area (TPSA) is 62.1 Å². The predicted molar refractivity (Wildman–Crippen MR) is 69.2 cm³/mol. The summed E-state index contributed by atoms with van der Waals surface area (Å²) in [6.07, 6.45) is 1.01. The fraction of sp³-hybridized carbons (Fsp3) is 0.429. The lowest BCUT2D eigenvalue weighted by atomic mass is 10.1. The minimum atomic E-state index is -0.121. The minimum Gasteiger partial charge on any atom is -0.379 e. The van der Waals surface area contributed by atoms with Gasteiger partial charge in [-0.05, 0) is 44.5 Å². The van der Waals surface area contributed by atoms with Crippen LogP contribution in [0.2, 0.25) is 0 Å². The maximum atomic E-state index is 11.7. The molecule has 0 aliphatic rings. The highest BCUT2D eigenvalue weighted by Gasteiger charge is 2.04. The van der Waals surface area contributed by atoms with Gasteiger partial charge in [0, 0.05) is 18.7 Å². The van der Waals surface area contributed by atoms with Crippen LogP contribution in [0, 0.1) is 11.3 Å². The van der Waals surface area contributed by atoms with Crippen LogP contribution in [0.3, 0.4) is 0 Å². The number of hydrogen-bond donors (Lipinski definition) is 1. The molecule has 0 bridgehead atoms. The molecule has 1 N–H and O–H groups in total. The van der Waals surface area contributed by atoms with Gasteiger partial charge in [0.25, 0.3) is 5.91 Å². The van der Waals surface area contributed by atoms with Crippen LogP contribution in [-0.2, 0) is 4.74 Å². The van der Waals surface area contributed by atoms with Gasteiger partial charge < -0.3 is 10.1 Å². The lowest BCUT2D eigenvalue weighted by Gasteiger charge is -2.08. The second kappa shape index (κ2) is 7.46. The number of nitrogens with one attached hydrogen (secondary N) is 1. The van der Waals surface area contributed by atoms with E-state index < -0.39 is 0 Å². The van der Waals surface area contributed by atoms with Gasteiger partial charge in [0.1, 0.15) is 0 Å². The van der Waals surface area contributed by atoms with E-state index >= 15 is 0 Å². The molecule has 0 fully saturated rings. The van der Waals surface area contributed by atoms with E-state index in [1.54, 1.807) is 24.3 Å². The zero-order valence-electron chi connectivity index (χ0n) is 10.8. The third-order valence-corrected chi connectivity index (χ3v) is 2.33. The van der Waals surface area contributed by atoms with E-state index in [4.69, 9.17) is 10.00 Å². The van der Waals surface area contributed by atoms with Crippen LogP contribution in [0.5, 0.6) is 0 Å². The average molecular weight is 246 g/mol. The first-order valence-electron chi connectivity index (χ1n) is 6.03.